The summed E-state index contributed by atoms with van der Waals surface area (Å²) in [5, 5.41) is 2.01. The van der Waals surface area contributed by atoms with E-state index in [0.29, 0.717) is 24.9 Å². The van der Waals surface area contributed by atoms with Crippen molar-refractivity contribution in [1.29, 1.82) is 0 Å². The van der Waals surface area contributed by atoms with Gasteiger partial charge in [0.2, 0.25) is 0 Å². The largest absolute Gasteiger partial charge is 0.268 e. The van der Waals surface area contributed by atoms with Gasteiger partial charge in [0, 0.05) is 17.5 Å². The summed E-state index contributed by atoms with van der Waals surface area (Å²) in [7, 11) is 0. The minimum Gasteiger partial charge on any atom is -0.268 e. The highest BCUT2D eigenvalue weighted by Gasteiger charge is 2.48. The maximum Gasteiger partial charge on any atom is 0.250 e. The first-order valence-electron chi connectivity index (χ1n) is 7.74. The third kappa shape index (κ3) is 3.27. The number of nitrogens with zero attached hydrogens (tertiary/aromatic N) is 1. The van der Waals surface area contributed by atoms with Gasteiger partial charge >= 0.3 is 0 Å². The standard InChI is InChI=1S/C15H28F2N2/c1-14(15(2,16)17)10-8-13(9-11-14)19(18)12-6-4-3-5-7-12/h12-13H,3-11,18H2,1-2H3/t13-,14-. The third-order valence-electron chi connectivity index (χ3n) is 5.54. The van der Waals surface area contributed by atoms with Gasteiger partial charge in [-0.05, 0) is 45.4 Å². The Labute approximate surface area is 115 Å². The van der Waals surface area contributed by atoms with E-state index in [1.165, 1.54) is 32.1 Å². The molecule has 0 aromatic rings. The fourth-order valence-electron chi connectivity index (χ4n) is 3.65. The van der Waals surface area contributed by atoms with Crippen molar-refractivity contribution in [1.82, 2.24) is 5.01 Å². The van der Waals surface area contributed by atoms with E-state index in [1.54, 1.807) is 6.92 Å². The molecular formula is C15H28F2N2. The normalized spacial score (nSPS) is 34.7. The van der Waals surface area contributed by atoms with E-state index in [0.717, 1.165) is 19.8 Å². The van der Waals surface area contributed by atoms with Crippen LogP contribution in [-0.2, 0) is 0 Å². The second kappa shape index (κ2) is 5.65. The molecule has 2 N–H and O–H groups in total. The van der Waals surface area contributed by atoms with E-state index < -0.39 is 11.3 Å². The van der Waals surface area contributed by atoms with Crippen LogP contribution in [0.2, 0.25) is 0 Å². The van der Waals surface area contributed by atoms with Gasteiger partial charge in [0.15, 0.2) is 0 Å². The predicted octanol–water partition coefficient (Wildman–Crippen LogP) is 4.10. The lowest BCUT2D eigenvalue weighted by Gasteiger charge is -2.45. The highest BCUT2D eigenvalue weighted by molar-refractivity contribution is 4.93. The maximum absolute atomic E-state index is 13.6. The van der Waals surface area contributed by atoms with E-state index in [-0.39, 0.29) is 0 Å². The van der Waals surface area contributed by atoms with E-state index in [1.807, 2.05) is 5.01 Å². The van der Waals surface area contributed by atoms with Gasteiger partial charge in [0.1, 0.15) is 0 Å². The first-order chi connectivity index (χ1) is 8.83. The predicted molar refractivity (Wildman–Crippen MR) is 73.9 cm³/mol. The summed E-state index contributed by atoms with van der Waals surface area (Å²) in [5.74, 6) is 3.69. The van der Waals surface area contributed by atoms with Crippen LogP contribution < -0.4 is 5.84 Å². The van der Waals surface area contributed by atoms with Gasteiger partial charge in [-0.2, -0.15) is 0 Å². The highest BCUT2D eigenvalue weighted by Crippen LogP contribution is 2.48. The molecule has 0 spiro atoms. The Hall–Kier alpha value is -0.220. The summed E-state index contributed by atoms with van der Waals surface area (Å²) in [6.07, 6.45) is 8.98. The first-order valence-corrected chi connectivity index (χ1v) is 7.74. The van der Waals surface area contributed by atoms with E-state index in [2.05, 4.69) is 0 Å². The Bertz CT molecular complexity index is 287. The van der Waals surface area contributed by atoms with Crippen LogP contribution >= 0.6 is 0 Å². The Morgan fingerprint density at radius 3 is 1.95 bits per heavy atom. The van der Waals surface area contributed by atoms with Crippen LogP contribution in [-0.4, -0.2) is 23.0 Å². The lowest BCUT2D eigenvalue weighted by atomic mass is 9.70. The molecule has 0 bridgehead atoms. The van der Waals surface area contributed by atoms with Crippen molar-refractivity contribution in [2.24, 2.45) is 11.3 Å². The molecule has 4 heteroatoms. The molecule has 0 aliphatic heterocycles. The van der Waals surface area contributed by atoms with Gasteiger partial charge in [-0.3, -0.25) is 5.84 Å². The SMILES string of the molecule is CC(F)(F)[C@]1(C)CC[C@@H](N(N)C2CCCCC2)CC1. The molecule has 19 heavy (non-hydrogen) atoms. The number of hydrogen-bond acceptors (Lipinski definition) is 2. The van der Waals surface area contributed by atoms with Crippen LogP contribution in [0.4, 0.5) is 8.78 Å². The van der Waals surface area contributed by atoms with Crippen molar-refractivity contribution in [2.75, 3.05) is 0 Å². The molecule has 0 unspecified atom stereocenters. The molecule has 0 atom stereocenters. The van der Waals surface area contributed by atoms with Gasteiger partial charge in [-0.1, -0.05) is 26.2 Å². The summed E-state index contributed by atoms with van der Waals surface area (Å²) >= 11 is 0. The van der Waals surface area contributed by atoms with Crippen molar-refractivity contribution in [3.05, 3.63) is 0 Å². The van der Waals surface area contributed by atoms with Gasteiger partial charge in [0.25, 0.3) is 5.92 Å². The van der Waals surface area contributed by atoms with Crippen molar-refractivity contribution < 1.29 is 8.78 Å². The minimum atomic E-state index is -2.58. The van der Waals surface area contributed by atoms with Crippen LogP contribution in [0.25, 0.3) is 0 Å². The number of hydrogen-bond donors (Lipinski definition) is 1. The molecule has 0 aromatic heterocycles. The van der Waals surface area contributed by atoms with Gasteiger partial charge in [-0.15, -0.1) is 0 Å². The maximum atomic E-state index is 13.6. The molecule has 2 aliphatic rings. The van der Waals surface area contributed by atoms with Crippen molar-refractivity contribution in [2.45, 2.75) is 89.6 Å². The summed E-state index contributed by atoms with van der Waals surface area (Å²) in [6.45, 7) is 2.79. The monoisotopic (exact) mass is 274 g/mol. The zero-order valence-electron chi connectivity index (χ0n) is 12.3. The highest BCUT2D eigenvalue weighted by atomic mass is 19.3. The first kappa shape index (κ1) is 15.2. The van der Waals surface area contributed by atoms with Crippen molar-refractivity contribution in [3.8, 4) is 0 Å². The van der Waals surface area contributed by atoms with E-state index in [4.69, 9.17) is 5.84 Å². The molecule has 112 valence electrons. The second-order valence-electron chi connectivity index (χ2n) is 6.92. The third-order valence-corrected chi connectivity index (χ3v) is 5.54. The van der Waals surface area contributed by atoms with Gasteiger partial charge < -0.3 is 0 Å². The number of rotatable bonds is 3. The van der Waals surface area contributed by atoms with Gasteiger partial charge in [0.05, 0.1) is 0 Å². The minimum absolute atomic E-state index is 0.304. The molecule has 2 aliphatic carbocycles. The molecule has 0 saturated heterocycles. The summed E-state index contributed by atoms with van der Waals surface area (Å²) < 4.78 is 27.3. The Balaban J connectivity index is 1.89. The molecule has 0 aromatic carbocycles. The molecule has 0 heterocycles. The molecule has 2 nitrogen and oxygen atoms in total. The number of nitrogens with two attached hydrogens (primary N) is 1. The lowest BCUT2D eigenvalue weighted by molar-refractivity contribution is -0.124. The Morgan fingerprint density at radius 2 is 1.47 bits per heavy atom. The van der Waals surface area contributed by atoms with Crippen molar-refractivity contribution >= 4 is 0 Å². The zero-order valence-corrected chi connectivity index (χ0v) is 12.3. The molecular weight excluding hydrogens is 246 g/mol. The number of hydrazine groups is 1. The lowest BCUT2D eigenvalue weighted by Crippen LogP contribution is -2.52. The van der Waals surface area contributed by atoms with Crippen molar-refractivity contribution in [3.63, 3.8) is 0 Å². The van der Waals surface area contributed by atoms with Gasteiger partial charge in [-0.25, -0.2) is 13.8 Å². The topological polar surface area (TPSA) is 29.3 Å². The van der Waals surface area contributed by atoms with E-state index >= 15 is 0 Å². The quantitative estimate of drug-likeness (QED) is 0.620. The molecule has 0 radical (unpaired) electrons. The fraction of sp³-hybridized carbons (Fsp3) is 1.00. The Kier molecular flexibility index (Phi) is 4.51. The van der Waals surface area contributed by atoms with Crippen LogP contribution in [0.15, 0.2) is 0 Å². The average Bonchev–Trinajstić information content (AvgIpc) is 2.39. The molecule has 2 saturated carbocycles. The summed E-state index contributed by atoms with van der Waals surface area (Å²) in [6, 6.07) is 0.781. The second-order valence-corrected chi connectivity index (χ2v) is 6.92. The fourth-order valence-corrected chi connectivity index (χ4v) is 3.65. The summed E-state index contributed by atoms with van der Waals surface area (Å²) in [5.41, 5.74) is -0.836. The zero-order chi connectivity index (χ0) is 14.1. The van der Waals surface area contributed by atoms with Crippen LogP contribution in [0.3, 0.4) is 0 Å². The van der Waals surface area contributed by atoms with Crippen LogP contribution in [0, 0.1) is 5.41 Å². The average molecular weight is 274 g/mol. The van der Waals surface area contributed by atoms with E-state index in [9.17, 15) is 8.78 Å². The molecule has 2 rings (SSSR count). The van der Waals surface area contributed by atoms with Crippen LogP contribution in [0.1, 0.15) is 71.6 Å². The smallest absolute Gasteiger partial charge is 0.250 e. The van der Waals surface area contributed by atoms with Crippen LogP contribution in [0.5, 0.6) is 0 Å². The number of halogens is 2. The molecule has 0 amide bonds. The molecule has 2 fully saturated rings. The summed E-state index contributed by atoms with van der Waals surface area (Å²) in [4.78, 5) is 0. The number of alkyl halides is 2. The Morgan fingerprint density at radius 1 is 1.00 bits per heavy atom.